The van der Waals surface area contributed by atoms with Gasteiger partial charge in [0, 0.05) is 12.3 Å². The maximum atomic E-state index is 12.4. The van der Waals surface area contributed by atoms with Crippen molar-refractivity contribution in [2.24, 2.45) is 0 Å². The van der Waals surface area contributed by atoms with Crippen molar-refractivity contribution >= 4 is 12.0 Å². The van der Waals surface area contributed by atoms with E-state index >= 15 is 0 Å². The molecule has 7 nitrogen and oxygen atoms in total. The summed E-state index contributed by atoms with van der Waals surface area (Å²) in [7, 11) is 0. The number of nitrogens with one attached hydrogen (secondary N) is 1. The number of hydrogen-bond acceptors (Lipinski definition) is 5. The molecular formula is C24H20N2O5. The molecule has 0 aliphatic heterocycles. The first-order chi connectivity index (χ1) is 15.0. The van der Waals surface area contributed by atoms with Gasteiger partial charge in [0.25, 0.3) is 0 Å². The summed E-state index contributed by atoms with van der Waals surface area (Å²) >= 11 is 0. The molecule has 1 N–H and O–H groups in total. The molecule has 0 heterocycles. The predicted octanol–water partition coefficient (Wildman–Crippen LogP) is 3.94. The van der Waals surface area contributed by atoms with E-state index in [1.54, 1.807) is 30.3 Å². The van der Waals surface area contributed by atoms with Crippen molar-refractivity contribution in [3.05, 3.63) is 106 Å². The molecule has 0 aromatic heterocycles. The number of benzene rings is 3. The van der Waals surface area contributed by atoms with Gasteiger partial charge in [0.05, 0.1) is 0 Å². The summed E-state index contributed by atoms with van der Waals surface area (Å²) in [6.45, 7) is 0.0601. The maximum absolute atomic E-state index is 12.4. The number of ether oxygens (including phenoxy) is 1. The van der Waals surface area contributed by atoms with E-state index in [0.717, 1.165) is 22.3 Å². The van der Waals surface area contributed by atoms with Crippen LogP contribution in [0, 0.1) is 10.1 Å². The third kappa shape index (κ3) is 4.30. The van der Waals surface area contributed by atoms with Crippen molar-refractivity contribution in [3.63, 3.8) is 0 Å². The summed E-state index contributed by atoms with van der Waals surface area (Å²) in [5.41, 5.74) is 4.99. The van der Waals surface area contributed by atoms with Crippen LogP contribution >= 0.6 is 0 Å². The van der Waals surface area contributed by atoms with E-state index in [-0.39, 0.29) is 18.9 Å². The zero-order valence-corrected chi connectivity index (χ0v) is 16.6. The summed E-state index contributed by atoms with van der Waals surface area (Å²) in [6, 6.07) is 23.3. The zero-order valence-electron chi connectivity index (χ0n) is 16.6. The molecule has 0 fully saturated rings. The van der Waals surface area contributed by atoms with Gasteiger partial charge in [-0.2, -0.15) is 0 Å². The average Bonchev–Trinajstić information content (AvgIpc) is 3.11. The Bertz CT molecular complexity index is 1080. The van der Waals surface area contributed by atoms with Gasteiger partial charge in [-0.1, -0.05) is 78.9 Å². The largest absolute Gasteiger partial charge is 0.467 e. The number of carbonyl (C=O) groups excluding carboxylic acids is 2. The molecule has 31 heavy (non-hydrogen) atoms. The molecule has 1 aliphatic rings. The van der Waals surface area contributed by atoms with Gasteiger partial charge < -0.3 is 10.1 Å². The minimum absolute atomic E-state index is 0.00481. The second-order valence-electron chi connectivity index (χ2n) is 7.31. The minimum Gasteiger partial charge on any atom is -0.449 e. The van der Waals surface area contributed by atoms with E-state index in [2.05, 4.69) is 5.32 Å². The smallest absolute Gasteiger partial charge is 0.449 e. The molecule has 156 valence electrons. The van der Waals surface area contributed by atoms with Gasteiger partial charge >= 0.3 is 12.0 Å². The lowest BCUT2D eigenvalue weighted by molar-refractivity contribution is -0.404. The highest BCUT2D eigenvalue weighted by Gasteiger charge is 2.33. The normalized spacial score (nSPS) is 13.0. The molecule has 3 aromatic carbocycles. The first-order valence-electron chi connectivity index (χ1n) is 9.88. The Morgan fingerprint density at radius 2 is 1.45 bits per heavy atom. The number of alkyl carbamates (subject to hydrolysis) is 1. The number of fused-ring (bicyclic) bond motifs is 3. The van der Waals surface area contributed by atoms with Crippen molar-refractivity contribution in [2.45, 2.75) is 18.4 Å². The molecular weight excluding hydrogens is 396 g/mol. The van der Waals surface area contributed by atoms with Crippen LogP contribution in [0.2, 0.25) is 0 Å². The lowest BCUT2D eigenvalue weighted by Crippen LogP contribution is -2.45. The third-order valence-electron chi connectivity index (χ3n) is 5.40. The zero-order chi connectivity index (χ0) is 21.8. The molecule has 3 aromatic rings. The van der Waals surface area contributed by atoms with Crippen LogP contribution in [0.15, 0.2) is 78.9 Å². The average molecular weight is 416 g/mol. The molecule has 1 atom stereocenters. The van der Waals surface area contributed by atoms with Gasteiger partial charge in [0.2, 0.25) is 0 Å². The number of carbonyl (C=O) groups is 2. The quantitative estimate of drug-likeness (QED) is 0.485. The van der Waals surface area contributed by atoms with Crippen LogP contribution < -0.4 is 5.32 Å². The van der Waals surface area contributed by atoms with E-state index in [1.165, 1.54) is 0 Å². The second-order valence-corrected chi connectivity index (χ2v) is 7.31. The Kier molecular flexibility index (Phi) is 5.75. The van der Waals surface area contributed by atoms with E-state index in [0.29, 0.717) is 5.56 Å². The molecule has 7 heteroatoms. The maximum Gasteiger partial charge on any atom is 0.467 e. The number of amides is 2. The Morgan fingerprint density at radius 3 is 2.03 bits per heavy atom. The summed E-state index contributed by atoms with van der Waals surface area (Å²) in [4.78, 5) is 34.4. The first-order valence-corrected chi connectivity index (χ1v) is 9.88. The van der Waals surface area contributed by atoms with E-state index in [4.69, 9.17) is 4.74 Å². The van der Waals surface area contributed by atoms with Crippen molar-refractivity contribution in [1.29, 1.82) is 0 Å². The van der Waals surface area contributed by atoms with Crippen molar-refractivity contribution in [1.82, 2.24) is 5.32 Å². The van der Waals surface area contributed by atoms with Crippen LogP contribution in [0.1, 0.15) is 22.6 Å². The monoisotopic (exact) mass is 416 g/mol. The highest BCUT2D eigenvalue weighted by Crippen LogP contribution is 2.44. The fraction of sp³-hybridized carbons (Fsp3) is 0.167. The van der Waals surface area contributed by atoms with Gasteiger partial charge in [0.15, 0.2) is 6.04 Å². The van der Waals surface area contributed by atoms with Crippen LogP contribution in [-0.4, -0.2) is 29.6 Å². The van der Waals surface area contributed by atoms with Crippen LogP contribution in [0.3, 0.4) is 0 Å². The highest BCUT2D eigenvalue weighted by molar-refractivity contribution is 5.81. The summed E-state index contributed by atoms with van der Waals surface area (Å²) in [5.74, 6) is -1.42. The minimum atomic E-state index is -1.31. The fourth-order valence-corrected chi connectivity index (χ4v) is 3.96. The predicted molar refractivity (Wildman–Crippen MR) is 114 cm³/mol. The highest BCUT2D eigenvalue weighted by atomic mass is 16.6. The molecule has 2 amide bonds. The Labute approximate surface area is 178 Å². The van der Waals surface area contributed by atoms with E-state index in [9.17, 15) is 19.7 Å². The summed E-state index contributed by atoms with van der Waals surface area (Å²) in [5, 5.41) is 13.4. The van der Waals surface area contributed by atoms with Gasteiger partial charge in [0.1, 0.15) is 11.5 Å². The Hall–Kier alpha value is -4.00. The SMILES string of the molecule is O=C(N[C@@H](Cc1ccccc1)C(=O)[N+](=O)[O-])OCC1c2ccccc2-c2ccccc21. The van der Waals surface area contributed by atoms with Gasteiger partial charge in [-0.15, -0.1) is 0 Å². The first kappa shape index (κ1) is 20.3. The number of rotatable bonds is 6. The fourth-order valence-electron chi connectivity index (χ4n) is 3.96. The van der Waals surface area contributed by atoms with Crippen molar-refractivity contribution in [2.75, 3.05) is 6.61 Å². The number of hydrogen-bond donors (Lipinski definition) is 1. The number of nitrogens with zero attached hydrogens (tertiary/aromatic N) is 1. The molecule has 1 aliphatic carbocycles. The van der Waals surface area contributed by atoms with E-state index < -0.39 is 23.0 Å². The topological polar surface area (TPSA) is 98.5 Å². The lowest BCUT2D eigenvalue weighted by Gasteiger charge is -2.17. The Balaban J connectivity index is 1.46. The van der Waals surface area contributed by atoms with Crippen LogP contribution in [0.5, 0.6) is 0 Å². The summed E-state index contributed by atoms with van der Waals surface area (Å²) < 4.78 is 5.41. The van der Waals surface area contributed by atoms with Crippen molar-refractivity contribution < 1.29 is 19.2 Å². The number of nitro groups is 1. The van der Waals surface area contributed by atoms with E-state index in [1.807, 2.05) is 48.5 Å². The molecule has 0 radical (unpaired) electrons. The van der Waals surface area contributed by atoms with Gasteiger partial charge in [-0.25, -0.2) is 9.59 Å². The summed E-state index contributed by atoms with van der Waals surface area (Å²) in [6.07, 6.45) is -0.858. The van der Waals surface area contributed by atoms with Crippen molar-refractivity contribution in [3.8, 4) is 11.1 Å². The van der Waals surface area contributed by atoms with Gasteiger partial charge in [-0.3, -0.25) is 10.1 Å². The Morgan fingerprint density at radius 1 is 0.903 bits per heavy atom. The molecule has 4 rings (SSSR count). The molecule has 0 bridgehead atoms. The molecule has 0 unspecified atom stereocenters. The third-order valence-corrected chi connectivity index (χ3v) is 5.40. The van der Waals surface area contributed by atoms with Crippen LogP contribution in [-0.2, 0) is 16.0 Å². The molecule has 0 saturated heterocycles. The second kappa shape index (κ2) is 8.79. The molecule has 0 spiro atoms. The van der Waals surface area contributed by atoms with Crippen LogP contribution in [0.4, 0.5) is 4.79 Å². The standard InChI is InChI=1S/C24H20N2O5/c27-23(26(29)30)22(14-16-8-2-1-3-9-16)25-24(28)31-15-21-19-12-6-4-10-17(19)18-11-5-7-13-20(18)21/h1-13,21-22H,14-15H2,(H,25,28)/t22-/m0/s1. The van der Waals surface area contributed by atoms with Gasteiger partial charge in [-0.05, 0) is 27.8 Å². The lowest BCUT2D eigenvalue weighted by atomic mass is 9.98. The van der Waals surface area contributed by atoms with Crippen LogP contribution in [0.25, 0.3) is 11.1 Å². The molecule has 0 saturated carbocycles.